The number of hydrogen-bond donors (Lipinski definition) is 0. The van der Waals surface area contributed by atoms with Crippen LogP contribution in [0.4, 0.5) is 0 Å². The molecule has 1 aliphatic heterocycles. The van der Waals surface area contributed by atoms with Gasteiger partial charge in [-0.3, -0.25) is 4.79 Å². The van der Waals surface area contributed by atoms with Crippen molar-refractivity contribution in [2.24, 2.45) is 5.92 Å². The van der Waals surface area contributed by atoms with Crippen LogP contribution in [0.15, 0.2) is 24.3 Å². The van der Waals surface area contributed by atoms with E-state index in [1.165, 1.54) is 0 Å². The number of piperidine rings is 1. The van der Waals surface area contributed by atoms with Gasteiger partial charge in [0.1, 0.15) is 6.29 Å². The fourth-order valence-corrected chi connectivity index (χ4v) is 3.95. The third kappa shape index (κ3) is 4.98. The Morgan fingerprint density at radius 2 is 2.00 bits per heavy atom. The summed E-state index contributed by atoms with van der Waals surface area (Å²) in [7, 11) is 0. The number of hydrogen-bond acceptors (Lipinski definition) is 3. The Hall–Kier alpha value is -1.00. The van der Waals surface area contributed by atoms with Gasteiger partial charge in [0.25, 0.3) is 0 Å². The largest absolute Gasteiger partial charge is 0.335 e. The van der Waals surface area contributed by atoms with Gasteiger partial charge in [-0.25, -0.2) is 0 Å². The van der Waals surface area contributed by atoms with Crippen molar-refractivity contribution in [2.45, 2.75) is 44.4 Å². The fourth-order valence-electron chi connectivity index (χ4n) is 3.05. The van der Waals surface area contributed by atoms with Gasteiger partial charge >= 0.3 is 0 Å². The van der Waals surface area contributed by atoms with Crippen molar-refractivity contribution in [3.05, 3.63) is 34.9 Å². The zero-order chi connectivity index (χ0) is 16.8. The monoisotopic (exact) mass is 353 g/mol. The minimum absolute atomic E-state index is 0.0930. The smallest absolute Gasteiger partial charge is 0.226 e. The Balaban J connectivity index is 2.15. The van der Waals surface area contributed by atoms with E-state index in [2.05, 4.69) is 13.8 Å². The number of likely N-dealkylation sites (tertiary alicyclic amines) is 1. The van der Waals surface area contributed by atoms with Crippen LogP contribution in [0.5, 0.6) is 0 Å². The van der Waals surface area contributed by atoms with E-state index in [0.29, 0.717) is 16.7 Å². The second-order valence-electron chi connectivity index (χ2n) is 6.20. The molecule has 1 heterocycles. The summed E-state index contributed by atoms with van der Waals surface area (Å²) in [6.07, 6.45) is 2.88. The lowest BCUT2D eigenvalue weighted by Crippen LogP contribution is -2.44. The summed E-state index contributed by atoms with van der Waals surface area (Å²) in [5.41, 5.74) is 1.13. The molecule has 1 unspecified atom stereocenters. The quantitative estimate of drug-likeness (QED) is 0.684. The van der Waals surface area contributed by atoms with E-state index in [9.17, 15) is 9.59 Å². The number of benzene rings is 1. The number of rotatable bonds is 7. The van der Waals surface area contributed by atoms with E-state index in [1.54, 1.807) is 0 Å². The second-order valence-corrected chi connectivity index (χ2v) is 8.32. The zero-order valence-electron chi connectivity index (χ0n) is 13.7. The van der Waals surface area contributed by atoms with Crippen LogP contribution >= 0.6 is 23.4 Å². The van der Waals surface area contributed by atoms with Gasteiger partial charge in [0.15, 0.2) is 0 Å². The van der Waals surface area contributed by atoms with Crippen LogP contribution in [-0.2, 0) is 9.59 Å². The van der Waals surface area contributed by atoms with Crippen molar-refractivity contribution < 1.29 is 9.59 Å². The van der Waals surface area contributed by atoms with Gasteiger partial charge in [0.2, 0.25) is 5.91 Å². The van der Waals surface area contributed by atoms with Gasteiger partial charge in [-0.15, -0.1) is 0 Å². The highest BCUT2D eigenvalue weighted by Crippen LogP contribution is 2.35. The third-order valence-corrected chi connectivity index (χ3v) is 5.55. The standard InChI is InChI=1S/C18H24ClNO2S/c1-13(2)23-12-10-20-17(14-3-6-16(19)7-4-14)8-5-15(9-11-21)18(20)22/h3-4,6-7,11,13,15,17H,5,8-10,12H2,1-2H3/t15-,17?/m1/s1. The number of amides is 1. The summed E-state index contributed by atoms with van der Waals surface area (Å²) in [4.78, 5) is 25.6. The van der Waals surface area contributed by atoms with Crippen LogP contribution in [-0.4, -0.2) is 34.6 Å². The highest BCUT2D eigenvalue weighted by atomic mass is 35.5. The topological polar surface area (TPSA) is 37.4 Å². The Labute approximate surface area is 147 Å². The van der Waals surface area contributed by atoms with Gasteiger partial charge < -0.3 is 9.69 Å². The van der Waals surface area contributed by atoms with Crippen LogP contribution in [0.1, 0.15) is 44.7 Å². The maximum absolute atomic E-state index is 12.8. The number of carbonyl (C=O) groups is 2. The first-order chi connectivity index (χ1) is 11.0. The lowest BCUT2D eigenvalue weighted by atomic mass is 9.87. The van der Waals surface area contributed by atoms with E-state index in [1.807, 2.05) is 40.9 Å². The Morgan fingerprint density at radius 1 is 1.30 bits per heavy atom. The highest BCUT2D eigenvalue weighted by molar-refractivity contribution is 7.99. The Bertz CT molecular complexity index is 532. The molecule has 1 aromatic rings. The molecule has 1 fully saturated rings. The van der Waals surface area contributed by atoms with Crippen molar-refractivity contribution in [3.8, 4) is 0 Å². The number of aldehydes is 1. The van der Waals surface area contributed by atoms with E-state index in [4.69, 9.17) is 11.6 Å². The van der Waals surface area contributed by atoms with Crippen LogP contribution < -0.4 is 0 Å². The maximum atomic E-state index is 12.8. The van der Waals surface area contributed by atoms with Gasteiger partial charge in [-0.2, -0.15) is 11.8 Å². The predicted molar refractivity (Wildman–Crippen MR) is 96.9 cm³/mol. The molecule has 0 bridgehead atoms. The molecule has 0 radical (unpaired) electrons. The van der Waals surface area contributed by atoms with Crippen molar-refractivity contribution >= 4 is 35.6 Å². The fraction of sp³-hybridized carbons (Fsp3) is 0.556. The molecular formula is C18H24ClNO2S. The molecule has 1 aromatic carbocycles. The minimum atomic E-state index is -0.153. The Kier molecular flexibility index (Phi) is 6.97. The first-order valence-corrected chi connectivity index (χ1v) is 9.56. The second kappa shape index (κ2) is 8.74. The average molecular weight is 354 g/mol. The molecule has 0 N–H and O–H groups in total. The van der Waals surface area contributed by atoms with Crippen molar-refractivity contribution in [2.75, 3.05) is 12.3 Å². The molecule has 1 saturated heterocycles. The summed E-state index contributed by atoms with van der Waals surface area (Å²) in [6, 6.07) is 7.85. The van der Waals surface area contributed by atoms with E-state index in [0.717, 1.165) is 37.0 Å². The first kappa shape index (κ1) is 18.3. The van der Waals surface area contributed by atoms with E-state index < -0.39 is 0 Å². The van der Waals surface area contributed by atoms with Gasteiger partial charge in [-0.05, 0) is 35.8 Å². The molecule has 0 aliphatic carbocycles. The molecule has 3 nitrogen and oxygen atoms in total. The Morgan fingerprint density at radius 3 is 2.61 bits per heavy atom. The molecule has 0 aromatic heterocycles. The van der Waals surface area contributed by atoms with Gasteiger partial charge in [0, 0.05) is 29.7 Å². The summed E-state index contributed by atoms with van der Waals surface area (Å²) < 4.78 is 0. The van der Waals surface area contributed by atoms with E-state index in [-0.39, 0.29) is 17.9 Å². The molecule has 2 rings (SSSR count). The average Bonchev–Trinajstić information content (AvgIpc) is 2.52. The predicted octanol–water partition coefficient (Wildman–Crippen LogP) is 4.35. The molecule has 126 valence electrons. The summed E-state index contributed by atoms with van der Waals surface area (Å²) in [5.74, 6) is 0.883. The summed E-state index contributed by atoms with van der Waals surface area (Å²) >= 11 is 7.83. The lowest BCUT2D eigenvalue weighted by molar-refractivity contribution is -0.142. The zero-order valence-corrected chi connectivity index (χ0v) is 15.3. The number of thioether (sulfide) groups is 1. The van der Waals surface area contributed by atoms with Crippen molar-refractivity contribution in [3.63, 3.8) is 0 Å². The first-order valence-electron chi connectivity index (χ1n) is 8.14. The molecule has 5 heteroatoms. The molecule has 23 heavy (non-hydrogen) atoms. The molecule has 0 spiro atoms. The normalized spacial score (nSPS) is 21.7. The lowest BCUT2D eigenvalue weighted by Gasteiger charge is -2.39. The third-order valence-electron chi connectivity index (χ3n) is 4.22. The van der Waals surface area contributed by atoms with Crippen molar-refractivity contribution in [1.29, 1.82) is 0 Å². The molecule has 1 aliphatic rings. The number of carbonyl (C=O) groups excluding carboxylic acids is 2. The van der Waals surface area contributed by atoms with Crippen LogP contribution in [0, 0.1) is 5.92 Å². The minimum Gasteiger partial charge on any atom is -0.335 e. The maximum Gasteiger partial charge on any atom is 0.226 e. The number of halogens is 1. The van der Waals surface area contributed by atoms with Crippen molar-refractivity contribution in [1.82, 2.24) is 4.90 Å². The molecule has 2 atom stereocenters. The van der Waals surface area contributed by atoms with Crippen LogP contribution in [0.3, 0.4) is 0 Å². The summed E-state index contributed by atoms with van der Waals surface area (Å²) in [6.45, 7) is 5.05. The van der Waals surface area contributed by atoms with Crippen LogP contribution in [0.25, 0.3) is 0 Å². The van der Waals surface area contributed by atoms with Gasteiger partial charge in [0.05, 0.1) is 6.04 Å². The van der Waals surface area contributed by atoms with E-state index >= 15 is 0 Å². The number of nitrogens with zero attached hydrogens (tertiary/aromatic N) is 1. The SMILES string of the molecule is CC(C)SCCN1C(=O)[C@@H](CC=O)CCC1c1ccc(Cl)cc1. The summed E-state index contributed by atoms with van der Waals surface area (Å²) in [5, 5.41) is 1.26. The molecular weight excluding hydrogens is 330 g/mol. The molecule has 1 amide bonds. The molecule has 0 saturated carbocycles. The van der Waals surface area contributed by atoms with Gasteiger partial charge in [-0.1, -0.05) is 37.6 Å². The van der Waals surface area contributed by atoms with Crippen LogP contribution in [0.2, 0.25) is 5.02 Å². The highest BCUT2D eigenvalue weighted by Gasteiger charge is 2.35.